The molecule has 1 aromatic carbocycles. The summed E-state index contributed by atoms with van der Waals surface area (Å²) in [6.45, 7) is 9.98. The molecule has 0 saturated carbocycles. The van der Waals surface area contributed by atoms with Crippen LogP contribution < -0.4 is 20.1 Å². The minimum Gasteiger partial charge on any atom is -0.491 e. The van der Waals surface area contributed by atoms with Gasteiger partial charge in [0.2, 0.25) is 5.88 Å². The highest BCUT2D eigenvalue weighted by Gasteiger charge is 2.10. The van der Waals surface area contributed by atoms with Crippen LogP contribution in [0.1, 0.15) is 44.9 Å². The van der Waals surface area contributed by atoms with E-state index in [0.717, 1.165) is 23.4 Å². The first kappa shape index (κ1) is 22.5. The number of hydrogen-bond acceptors (Lipinski definition) is 5. The van der Waals surface area contributed by atoms with E-state index in [2.05, 4.69) is 20.6 Å². The second kappa shape index (κ2) is 11.9. The maximum absolute atomic E-state index is 10.6. The number of pyridine rings is 1. The van der Waals surface area contributed by atoms with Crippen molar-refractivity contribution in [2.75, 3.05) is 19.7 Å². The van der Waals surface area contributed by atoms with Crippen molar-refractivity contribution >= 4 is 5.96 Å². The predicted molar refractivity (Wildman–Crippen MR) is 115 cm³/mol. The molecule has 3 N–H and O–H groups in total. The number of aliphatic hydroxyl groups is 1. The lowest BCUT2D eigenvalue weighted by Crippen LogP contribution is -2.39. The Balaban J connectivity index is 1.97. The molecule has 29 heavy (non-hydrogen) atoms. The van der Waals surface area contributed by atoms with E-state index in [1.54, 1.807) is 6.20 Å². The molecule has 1 aromatic heterocycles. The van der Waals surface area contributed by atoms with Crippen LogP contribution in [0.25, 0.3) is 0 Å². The molecular weight excluding hydrogens is 368 g/mol. The first-order chi connectivity index (χ1) is 14.0. The Bertz CT molecular complexity index is 780. The molecule has 0 bridgehead atoms. The van der Waals surface area contributed by atoms with E-state index in [1.807, 2.05) is 64.1 Å². The highest BCUT2D eigenvalue weighted by molar-refractivity contribution is 5.79. The van der Waals surface area contributed by atoms with Crippen molar-refractivity contribution in [1.29, 1.82) is 0 Å². The second-order valence-corrected chi connectivity index (χ2v) is 6.77. The lowest BCUT2D eigenvalue weighted by molar-refractivity contribution is 0.179. The minimum atomic E-state index is -0.681. The van der Waals surface area contributed by atoms with Crippen molar-refractivity contribution in [2.24, 2.45) is 4.99 Å². The number of aromatic nitrogens is 1. The third-order valence-electron chi connectivity index (χ3n) is 3.93. The average Bonchev–Trinajstić information content (AvgIpc) is 2.70. The number of ether oxygens (including phenoxy) is 2. The van der Waals surface area contributed by atoms with Crippen molar-refractivity contribution in [2.45, 2.75) is 46.4 Å². The van der Waals surface area contributed by atoms with Crippen LogP contribution in [0.4, 0.5) is 0 Å². The molecule has 0 saturated heterocycles. The van der Waals surface area contributed by atoms with Gasteiger partial charge < -0.3 is 25.2 Å². The highest BCUT2D eigenvalue weighted by atomic mass is 16.5. The number of benzene rings is 1. The van der Waals surface area contributed by atoms with Crippen LogP contribution in [0.15, 0.2) is 47.6 Å². The third kappa shape index (κ3) is 7.99. The second-order valence-electron chi connectivity index (χ2n) is 6.77. The van der Waals surface area contributed by atoms with Crippen molar-refractivity contribution in [3.8, 4) is 11.6 Å². The van der Waals surface area contributed by atoms with Gasteiger partial charge >= 0.3 is 0 Å². The standard InChI is InChI=1S/C22H32N4O3/c1-5-23-22(25-14-17-10-11-24-21(12-17)28-6-2)26-15-20(27)18-8-7-9-19(13-18)29-16(3)4/h7-13,16,20,27H,5-6,14-15H2,1-4H3,(H2,23,25,26). The van der Waals surface area contributed by atoms with E-state index in [4.69, 9.17) is 9.47 Å². The fraction of sp³-hybridized carbons (Fsp3) is 0.455. The Morgan fingerprint density at radius 1 is 1.17 bits per heavy atom. The molecule has 7 nitrogen and oxygen atoms in total. The van der Waals surface area contributed by atoms with Crippen LogP contribution in [-0.4, -0.2) is 41.9 Å². The number of aliphatic imine (C=N–C) groups is 1. The molecule has 7 heteroatoms. The molecule has 0 fully saturated rings. The fourth-order valence-electron chi connectivity index (χ4n) is 2.67. The van der Waals surface area contributed by atoms with Crippen LogP contribution in [0.3, 0.4) is 0 Å². The summed E-state index contributed by atoms with van der Waals surface area (Å²) in [6, 6.07) is 11.3. The summed E-state index contributed by atoms with van der Waals surface area (Å²) in [5.41, 5.74) is 1.79. The minimum absolute atomic E-state index is 0.0874. The van der Waals surface area contributed by atoms with Crippen LogP contribution in [0, 0.1) is 0 Å². The number of nitrogens with zero attached hydrogens (tertiary/aromatic N) is 2. The van der Waals surface area contributed by atoms with Gasteiger partial charge in [0, 0.05) is 25.4 Å². The van der Waals surface area contributed by atoms with E-state index in [9.17, 15) is 5.11 Å². The van der Waals surface area contributed by atoms with E-state index in [-0.39, 0.29) is 6.10 Å². The quantitative estimate of drug-likeness (QED) is 0.420. The van der Waals surface area contributed by atoms with Crippen LogP contribution in [-0.2, 0) is 6.54 Å². The van der Waals surface area contributed by atoms with E-state index in [0.29, 0.717) is 31.5 Å². The summed E-state index contributed by atoms with van der Waals surface area (Å²) >= 11 is 0. The topological polar surface area (TPSA) is 88.0 Å². The zero-order chi connectivity index (χ0) is 21.1. The van der Waals surface area contributed by atoms with Crippen LogP contribution in [0.5, 0.6) is 11.6 Å². The zero-order valence-electron chi connectivity index (χ0n) is 17.7. The van der Waals surface area contributed by atoms with E-state index in [1.165, 1.54) is 0 Å². The van der Waals surface area contributed by atoms with Crippen LogP contribution in [0.2, 0.25) is 0 Å². The van der Waals surface area contributed by atoms with Crippen LogP contribution >= 0.6 is 0 Å². The van der Waals surface area contributed by atoms with Gasteiger partial charge in [-0.25, -0.2) is 9.98 Å². The molecule has 0 amide bonds. The molecule has 1 atom stereocenters. The first-order valence-electron chi connectivity index (χ1n) is 10.1. The Labute approximate surface area is 173 Å². The smallest absolute Gasteiger partial charge is 0.213 e. The molecule has 0 radical (unpaired) electrons. The molecule has 1 unspecified atom stereocenters. The van der Waals surface area contributed by atoms with Gasteiger partial charge in [-0.1, -0.05) is 12.1 Å². The van der Waals surface area contributed by atoms with Gasteiger partial charge in [-0.05, 0) is 57.0 Å². The van der Waals surface area contributed by atoms with Crippen molar-refractivity contribution < 1.29 is 14.6 Å². The van der Waals surface area contributed by atoms with Gasteiger partial charge in [-0.15, -0.1) is 0 Å². The normalized spacial score (nSPS) is 12.6. The molecule has 0 aliphatic rings. The lowest BCUT2D eigenvalue weighted by atomic mass is 10.1. The molecule has 0 aliphatic carbocycles. The Morgan fingerprint density at radius 3 is 2.72 bits per heavy atom. The number of nitrogens with one attached hydrogen (secondary N) is 2. The van der Waals surface area contributed by atoms with Gasteiger partial charge in [-0.2, -0.15) is 0 Å². The summed E-state index contributed by atoms with van der Waals surface area (Å²) < 4.78 is 11.1. The summed E-state index contributed by atoms with van der Waals surface area (Å²) in [6.07, 6.45) is 1.12. The third-order valence-corrected chi connectivity index (χ3v) is 3.93. The van der Waals surface area contributed by atoms with Gasteiger partial charge in [0.1, 0.15) is 5.75 Å². The monoisotopic (exact) mass is 400 g/mol. The Morgan fingerprint density at radius 2 is 2.00 bits per heavy atom. The molecule has 2 aromatic rings. The first-order valence-corrected chi connectivity index (χ1v) is 10.1. The number of aliphatic hydroxyl groups excluding tert-OH is 1. The fourth-order valence-corrected chi connectivity index (χ4v) is 2.67. The molecule has 0 aliphatic heterocycles. The predicted octanol–water partition coefficient (Wildman–Crippen LogP) is 3.06. The van der Waals surface area contributed by atoms with Crippen molar-refractivity contribution in [3.05, 3.63) is 53.7 Å². The van der Waals surface area contributed by atoms with E-state index < -0.39 is 6.10 Å². The maximum Gasteiger partial charge on any atom is 0.213 e. The van der Waals surface area contributed by atoms with Crippen molar-refractivity contribution in [1.82, 2.24) is 15.6 Å². The average molecular weight is 401 g/mol. The lowest BCUT2D eigenvalue weighted by Gasteiger charge is -2.17. The molecule has 2 rings (SSSR count). The summed E-state index contributed by atoms with van der Waals surface area (Å²) in [5.74, 6) is 1.98. The number of guanidine groups is 1. The molecular formula is C22H32N4O3. The zero-order valence-corrected chi connectivity index (χ0v) is 17.7. The van der Waals surface area contributed by atoms with Gasteiger partial charge in [0.15, 0.2) is 5.96 Å². The van der Waals surface area contributed by atoms with Gasteiger partial charge in [0.25, 0.3) is 0 Å². The largest absolute Gasteiger partial charge is 0.491 e. The Kier molecular flexibility index (Phi) is 9.24. The SMILES string of the molecule is CCNC(=NCc1ccnc(OCC)c1)NCC(O)c1cccc(OC(C)C)c1. The summed E-state index contributed by atoms with van der Waals surface area (Å²) in [5, 5.41) is 16.9. The van der Waals surface area contributed by atoms with Gasteiger partial charge in [0.05, 0.1) is 25.4 Å². The maximum atomic E-state index is 10.6. The molecule has 0 spiro atoms. The van der Waals surface area contributed by atoms with E-state index >= 15 is 0 Å². The Hall–Kier alpha value is -2.80. The van der Waals surface area contributed by atoms with Gasteiger partial charge in [-0.3, -0.25) is 0 Å². The number of rotatable bonds is 10. The van der Waals surface area contributed by atoms with Crippen molar-refractivity contribution in [3.63, 3.8) is 0 Å². The molecule has 1 heterocycles. The molecule has 158 valence electrons. The summed E-state index contributed by atoms with van der Waals surface area (Å²) in [7, 11) is 0. The highest BCUT2D eigenvalue weighted by Crippen LogP contribution is 2.20. The summed E-state index contributed by atoms with van der Waals surface area (Å²) in [4.78, 5) is 8.75. The number of hydrogen-bond donors (Lipinski definition) is 3.